The van der Waals surface area contributed by atoms with Crippen LogP contribution in [0.2, 0.25) is 0 Å². The number of carbonyl (C=O) groups is 1. The van der Waals surface area contributed by atoms with Gasteiger partial charge in [-0.1, -0.05) is 32.9 Å². The van der Waals surface area contributed by atoms with Crippen LogP contribution in [0.25, 0.3) is 0 Å². The molecule has 0 atom stereocenters. The third-order valence-electron chi connectivity index (χ3n) is 2.56. The molecule has 0 heterocycles. The zero-order valence-corrected chi connectivity index (χ0v) is 10.8. The first-order chi connectivity index (χ1) is 8.55. The van der Waals surface area contributed by atoms with E-state index >= 15 is 0 Å². The predicted molar refractivity (Wildman–Crippen MR) is 64.7 cm³/mol. The summed E-state index contributed by atoms with van der Waals surface area (Å²) >= 11 is 0. The first-order valence-electron chi connectivity index (χ1n) is 5.63. The predicted octanol–water partition coefficient (Wildman–Crippen LogP) is 3.82. The summed E-state index contributed by atoms with van der Waals surface area (Å²) < 4.78 is 49.6. The number of hydrogen-bond acceptors (Lipinski definition) is 1. The van der Waals surface area contributed by atoms with Gasteiger partial charge in [-0.15, -0.1) is 0 Å². The molecule has 6 heteroatoms. The minimum absolute atomic E-state index is 0.0674. The summed E-state index contributed by atoms with van der Waals surface area (Å²) in [5.74, 6) is -6.70. The molecule has 1 N–H and O–H groups in total. The summed E-state index contributed by atoms with van der Waals surface area (Å²) in [6, 6.07) is 6.19. The van der Waals surface area contributed by atoms with E-state index in [0.29, 0.717) is 0 Å². The molecule has 0 aliphatic rings. The highest BCUT2D eigenvalue weighted by atomic mass is 19.3. The quantitative estimate of drug-likeness (QED) is 0.836. The third kappa shape index (κ3) is 3.68. The fraction of sp³-hybridized carbons (Fsp3) is 0.462. The van der Waals surface area contributed by atoms with Gasteiger partial charge >= 0.3 is 18.3 Å². The maximum atomic E-state index is 12.8. The Morgan fingerprint density at radius 2 is 1.79 bits per heavy atom. The number of nitrogens with one attached hydrogen (secondary N) is 1. The normalized spacial score (nSPS) is 12.6. The van der Waals surface area contributed by atoms with E-state index < -0.39 is 18.3 Å². The van der Waals surface area contributed by atoms with Crippen LogP contribution in [-0.2, 0) is 10.2 Å². The molecule has 1 rings (SSSR count). The Bertz CT molecular complexity index is 466. The fourth-order valence-corrected chi connectivity index (χ4v) is 1.38. The van der Waals surface area contributed by atoms with Crippen LogP contribution in [0.5, 0.6) is 0 Å². The molecule has 1 aromatic carbocycles. The van der Waals surface area contributed by atoms with E-state index in [4.69, 9.17) is 0 Å². The van der Waals surface area contributed by atoms with Crippen molar-refractivity contribution in [2.24, 2.45) is 0 Å². The lowest BCUT2D eigenvalue weighted by atomic mass is 9.87. The molecule has 1 aromatic rings. The summed E-state index contributed by atoms with van der Waals surface area (Å²) in [5.41, 5.74) is 0.620. The van der Waals surface area contributed by atoms with E-state index in [1.165, 1.54) is 12.1 Å². The zero-order valence-electron chi connectivity index (χ0n) is 10.8. The lowest BCUT2D eigenvalue weighted by molar-refractivity contribution is -0.163. The standard InChI is InChI=1S/C13H15F4NO/c1-12(2,3)8-5-4-6-9(7-8)18-11(19)13(16,17)10(14)15/h4-7,10H,1-3H3,(H,18,19). The van der Waals surface area contributed by atoms with E-state index in [-0.39, 0.29) is 11.1 Å². The second-order valence-corrected chi connectivity index (χ2v) is 5.21. The van der Waals surface area contributed by atoms with Crippen LogP contribution in [0, 0.1) is 0 Å². The smallest absolute Gasteiger partial charge is 0.321 e. The molecule has 0 saturated carbocycles. The van der Waals surface area contributed by atoms with Gasteiger partial charge in [0.25, 0.3) is 0 Å². The van der Waals surface area contributed by atoms with Gasteiger partial charge < -0.3 is 5.32 Å². The van der Waals surface area contributed by atoms with Crippen molar-refractivity contribution in [1.29, 1.82) is 0 Å². The molecule has 106 valence electrons. The number of halogens is 4. The first-order valence-corrected chi connectivity index (χ1v) is 5.63. The number of amides is 1. The van der Waals surface area contributed by atoms with Gasteiger partial charge in [0.05, 0.1) is 0 Å². The van der Waals surface area contributed by atoms with E-state index in [0.717, 1.165) is 5.56 Å². The largest absolute Gasteiger partial charge is 0.383 e. The van der Waals surface area contributed by atoms with E-state index in [1.54, 1.807) is 12.1 Å². The van der Waals surface area contributed by atoms with Crippen molar-refractivity contribution in [2.45, 2.75) is 38.5 Å². The van der Waals surface area contributed by atoms with Crippen LogP contribution < -0.4 is 5.32 Å². The SMILES string of the molecule is CC(C)(C)c1cccc(NC(=O)C(F)(F)C(F)F)c1. The van der Waals surface area contributed by atoms with Gasteiger partial charge in [-0.25, -0.2) is 8.78 Å². The highest BCUT2D eigenvalue weighted by molar-refractivity contribution is 5.96. The summed E-state index contributed by atoms with van der Waals surface area (Å²) in [4.78, 5) is 11.1. The lowest BCUT2D eigenvalue weighted by Gasteiger charge is -2.20. The lowest BCUT2D eigenvalue weighted by Crippen LogP contribution is -2.41. The number of alkyl halides is 4. The Hall–Kier alpha value is -1.59. The highest BCUT2D eigenvalue weighted by Crippen LogP contribution is 2.27. The Kier molecular flexibility index (Phi) is 4.22. The molecule has 0 spiro atoms. The summed E-state index contributed by atoms with van der Waals surface area (Å²) in [6.45, 7) is 5.71. The number of anilines is 1. The third-order valence-corrected chi connectivity index (χ3v) is 2.56. The maximum absolute atomic E-state index is 12.8. The molecule has 19 heavy (non-hydrogen) atoms. The average molecular weight is 277 g/mol. The van der Waals surface area contributed by atoms with Crippen LogP contribution >= 0.6 is 0 Å². The summed E-state index contributed by atoms with van der Waals surface area (Å²) in [5, 5.41) is 1.81. The van der Waals surface area contributed by atoms with E-state index in [2.05, 4.69) is 0 Å². The molecule has 0 saturated heterocycles. The van der Waals surface area contributed by atoms with Crippen molar-refractivity contribution in [2.75, 3.05) is 5.32 Å². The Labute approximate surface area is 108 Å². The molecule has 2 nitrogen and oxygen atoms in total. The number of hydrogen-bond donors (Lipinski definition) is 1. The second kappa shape index (κ2) is 5.19. The van der Waals surface area contributed by atoms with E-state index in [1.807, 2.05) is 26.1 Å². The Morgan fingerprint density at radius 1 is 1.21 bits per heavy atom. The van der Waals surface area contributed by atoms with Gasteiger partial charge in [-0.05, 0) is 23.1 Å². The molecule has 0 radical (unpaired) electrons. The molecule has 0 fully saturated rings. The Morgan fingerprint density at radius 3 is 2.26 bits per heavy atom. The number of benzene rings is 1. The monoisotopic (exact) mass is 277 g/mol. The average Bonchev–Trinajstić information content (AvgIpc) is 2.27. The van der Waals surface area contributed by atoms with Crippen LogP contribution in [0.3, 0.4) is 0 Å². The molecule has 0 aliphatic heterocycles. The van der Waals surface area contributed by atoms with Crippen molar-refractivity contribution in [3.8, 4) is 0 Å². The molecular formula is C13H15F4NO. The van der Waals surface area contributed by atoms with Gasteiger partial charge in [0.2, 0.25) is 0 Å². The molecular weight excluding hydrogens is 262 g/mol. The van der Waals surface area contributed by atoms with Crippen molar-refractivity contribution in [3.05, 3.63) is 29.8 Å². The maximum Gasteiger partial charge on any atom is 0.383 e. The first kappa shape index (κ1) is 15.5. The number of carbonyl (C=O) groups excluding carboxylic acids is 1. The fourth-order valence-electron chi connectivity index (χ4n) is 1.38. The van der Waals surface area contributed by atoms with Crippen LogP contribution in [-0.4, -0.2) is 18.3 Å². The van der Waals surface area contributed by atoms with E-state index in [9.17, 15) is 22.4 Å². The Balaban J connectivity index is 2.93. The van der Waals surface area contributed by atoms with Crippen molar-refractivity contribution in [3.63, 3.8) is 0 Å². The minimum Gasteiger partial charge on any atom is -0.321 e. The van der Waals surface area contributed by atoms with Gasteiger partial charge in [-0.3, -0.25) is 4.79 Å². The van der Waals surface area contributed by atoms with Crippen molar-refractivity contribution in [1.82, 2.24) is 0 Å². The summed E-state index contributed by atoms with van der Waals surface area (Å²) in [6.07, 6.45) is -4.03. The van der Waals surface area contributed by atoms with Gasteiger partial charge in [0.1, 0.15) is 0 Å². The second-order valence-electron chi connectivity index (χ2n) is 5.21. The molecule has 0 bridgehead atoms. The van der Waals surface area contributed by atoms with Crippen molar-refractivity contribution >= 4 is 11.6 Å². The molecule has 0 aliphatic carbocycles. The highest BCUT2D eigenvalue weighted by Gasteiger charge is 2.48. The zero-order chi connectivity index (χ0) is 14.8. The molecule has 0 aromatic heterocycles. The van der Waals surface area contributed by atoms with Gasteiger partial charge in [0, 0.05) is 5.69 Å². The van der Waals surface area contributed by atoms with Gasteiger partial charge in [0.15, 0.2) is 0 Å². The summed E-state index contributed by atoms with van der Waals surface area (Å²) in [7, 11) is 0. The van der Waals surface area contributed by atoms with Crippen molar-refractivity contribution < 1.29 is 22.4 Å². The van der Waals surface area contributed by atoms with Gasteiger partial charge in [-0.2, -0.15) is 8.78 Å². The van der Waals surface area contributed by atoms with Crippen LogP contribution in [0.1, 0.15) is 26.3 Å². The number of rotatable bonds is 3. The van der Waals surface area contributed by atoms with Crippen LogP contribution in [0.15, 0.2) is 24.3 Å². The van der Waals surface area contributed by atoms with Crippen LogP contribution in [0.4, 0.5) is 23.2 Å². The topological polar surface area (TPSA) is 29.1 Å². The minimum atomic E-state index is -4.70. The molecule has 1 amide bonds. The molecule has 0 unspecified atom stereocenters.